The highest BCUT2D eigenvalue weighted by atomic mass is 35.5. The summed E-state index contributed by atoms with van der Waals surface area (Å²) in [4.78, 5) is 16.3. The molecule has 122 valence electrons. The molecule has 0 saturated heterocycles. The van der Waals surface area contributed by atoms with Crippen LogP contribution in [0.15, 0.2) is 36.7 Å². The minimum absolute atomic E-state index is 0. The number of carbonyl (C=O) groups excluding carboxylic acids is 1. The molecular formula is C14H20ClN3O3S. The number of sulfonamides is 1. The van der Waals surface area contributed by atoms with Gasteiger partial charge in [-0.1, -0.05) is 12.1 Å². The lowest BCUT2D eigenvalue weighted by atomic mass is 10.1. The lowest BCUT2D eigenvalue weighted by Gasteiger charge is -2.18. The number of carbonyl (C=O) groups is 1. The minimum Gasteiger partial charge on any atom is -0.362 e. The first-order chi connectivity index (χ1) is 9.85. The Balaban J connectivity index is 0.00000242. The maximum absolute atomic E-state index is 12.3. The van der Waals surface area contributed by atoms with Gasteiger partial charge in [0.2, 0.25) is 10.0 Å². The van der Waals surface area contributed by atoms with E-state index in [9.17, 15) is 13.2 Å². The van der Waals surface area contributed by atoms with Gasteiger partial charge in [0.05, 0.1) is 18.6 Å². The molecule has 0 amide bonds. The fourth-order valence-electron chi connectivity index (χ4n) is 2.13. The molecule has 0 saturated carbocycles. The molecule has 1 aliphatic rings. The number of hydrogen-bond acceptors (Lipinski definition) is 5. The van der Waals surface area contributed by atoms with Gasteiger partial charge in [-0.05, 0) is 12.1 Å². The average molecular weight is 346 g/mol. The molecular weight excluding hydrogens is 326 g/mol. The molecule has 0 radical (unpaired) electrons. The van der Waals surface area contributed by atoms with E-state index in [0.717, 1.165) is 12.9 Å². The van der Waals surface area contributed by atoms with Crippen molar-refractivity contribution < 1.29 is 13.2 Å². The zero-order chi connectivity index (χ0) is 15.5. The van der Waals surface area contributed by atoms with Crippen LogP contribution < -0.4 is 4.72 Å². The van der Waals surface area contributed by atoms with Crippen LogP contribution in [0.25, 0.3) is 0 Å². The van der Waals surface area contributed by atoms with Gasteiger partial charge in [0.15, 0.2) is 5.78 Å². The second-order valence-electron chi connectivity index (χ2n) is 5.10. The van der Waals surface area contributed by atoms with Crippen LogP contribution in [0, 0.1) is 0 Å². The number of hydrogen-bond donors (Lipinski definition) is 1. The fraction of sp³-hybridized carbons (Fsp3) is 0.357. The zero-order valence-electron chi connectivity index (χ0n) is 12.5. The minimum atomic E-state index is -3.40. The van der Waals surface area contributed by atoms with E-state index < -0.39 is 10.0 Å². The number of benzene rings is 1. The SMILES string of the molecule is CN1C=CN(CCC(=O)c2ccccc2NS(C)(=O)=O)C1.Cl. The smallest absolute Gasteiger partial charge is 0.229 e. The number of rotatable bonds is 6. The predicted molar refractivity (Wildman–Crippen MR) is 89.6 cm³/mol. The van der Waals surface area contributed by atoms with E-state index in [-0.39, 0.29) is 18.2 Å². The van der Waals surface area contributed by atoms with E-state index in [4.69, 9.17) is 0 Å². The van der Waals surface area contributed by atoms with E-state index >= 15 is 0 Å². The van der Waals surface area contributed by atoms with Gasteiger partial charge in [0.1, 0.15) is 0 Å². The number of anilines is 1. The van der Waals surface area contributed by atoms with Gasteiger partial charge >= 0.3 is 0 Å². The molecule has 6 nitrogen and oxygen atoms in total. The Morgan fingerprint density at radius 3 is 2.55 bits per heavy atom. The number of nitrogens with one attached hydrogen (secondary N) is 1. The van der Waals surface area contributed by atoms with Crippen LogP contribution in [-0.4, -0.2) is 50.5 Å². The molecule has 0 fully saturated rings. The first-order valence-electron chi connectivity index (χ1n) is 6.58. The van der Waals surface area contributed by atoms with Crippen LogP contribution in [-0.2, 0) is 10.0 Å². The summed E-state index contributed by atoms with van der Waals surface area (Å²) in [6, 6.07) is 6.66. The van der Waals surface area contributed by atoms with Crippen molar-refractivity contribution in [1.29, 1.82) is 0 Å². The van der Waals surface area contributed by atoms with Crippen LogP contribution in [0.1, 0.15) is 16.8 Å². The molecule has 2 rings (SSSR count). The molecule has 0 bridgehead atoms. The van der Waals surface area contributed by atoms with Crippen molar-refractivity contribution in [3.8, 4) is 0 Å². The van der Waals surface area contributed by atoms with Crippen molar-refractivity contribution in [3.63, 3.8) is 0 Å². The Morgan fingerprint density at radius 2 is 1.95 bits per heavy atom. The molecule has 0 spiro atoms. The summed E-state index contributed by atoms with van der Waals surface area (Å²) in [5, 5.41) is 0. The molecule has 0 aliphatic carbocycles. The maximum Gasteiger partial charge on any atom is 0.229 e. The number of ketones is 1. The normalized spacial score (nSPS) is 13.9. The molecule has 0 unspecified atom stereocenters. The van der Waals surface area contributed by atoms with Gasteiger partial charge < -0.3 is 9.80 Å². The van der Waals surface area contributed by atoms with E-state index in [1.54, 1.807) is 24.3 Å². The number of halogens is 1. The van der Waals surface area contributed by atoms with Gasteiger partial charge in [0, 0.05) is 38.0 Å². The van der Waals surface area contributed by atoms with Crippen LogP contribution in [0.5, 0.6) is 0 Å². The highest BCUT2D eigenvalue weighted by Gasteiger charge is 2.15. The van der Waals surface area contributed by atoms with Crippen molar-refractivity contribution in [2.24, 2.45) is 0 Å². The van der Waals surface area contributed by atoms with Gasteiger partial charge in [-0.15, -0.1) is 12.4 Å². The highest BCUT2D eigenvalue weighted by Crippen LogP contribution is 2.18. The van der Waals surface area contributed by atoms with Crippen molar-refractivity contribution in [2.75, 3.05) is 31.2 Å². The van der Waals surface area contributed by atoms with Gasteiger partial charge in [-0.2, -0.15) is 0 Å². The molecule has 1 heterocycles. The summed E-state index contributed by atoms with van der Waals surface area (Å²) in [5.41, 5.74) is 0.735. The monoisotopic (exact) mass is 345 g/mol. The molecule has 1 N–H and O–H groups in total. The largest absolute Gasteiger partial charge is 0.362 e. The predicted octanol–water partition coefficient (Wildman–Crippen LogP) is 1.73. The number of Topliss-reactive ketones (excluding diaryl/α,β-unsaturated/α-hetero) is 1. The Labute approximate surface area is 137 Å². The van der Waals surface area contributed by atoms with E-state index in [0.29, 0.717) is 24.2 Å². The van der Waals surface area contributed by atoms with E-state index in [1.807, 2.05) is 29.2 Å². The first-order valence-corrected chi connectivity index (χ1v) is 8.47. The van der Waals surface area contributed by atoms with Crippen LogP contribution >= 0.6 is 12.4 Å². The summed E-state index contributed by atoms with van der Waals surface area (Å²) in [6.45, 7) is 1.36. The summed E-state index contributed by atoms with van der Waals surface area (Å²) < 4.78 is 25.0. The highest BCUT2D eigenvalue weighted by molar-refractivity contribution is 7.92. The number of nitrogens with zero attached hydrogens (tertiary/aromatic N) is 2. The third-order valence-electron chi connectivity index (χ3n) is 3.09. The maximum atomic E-state index is 12.3. The van der Waals surface area contributed by atoms with Gasteiger partial charge in [-0.3, -0.25) is 9.52 Å². The van der Waals surface area contributed by atoms with Crippen LogP contribution in [0.2, 0.25) is 0 Å². The average Bonchev–Trinajstić information content (AvgIpc) is 2.80. The Bertz CT molecular complexity index is 661. The Hall–Kier alpha value is -1.73. The molecule has 1 aromatic rings. The first kappa shape index (κ1) is 18.3. The van der Waals surface area contributed by atoms with Crippen molar-refractivity contribution in [2.45, 2.75) is 6.42 Å². The molecule has 1 aliphatic heterocycles. The fourth-order valence-corrected chi connectivity index (χ4v) is 2.71. The lowest BCUT2D eigenvalue weighted by molar-refractivity contribution is 0.0970. The summed E-state index contributed by atoms with van der Waals surface area (Å²) in [5.74, 6) is -0.0790. The van der Waals surface area contributed by atoms with E-state index in [1.165, 1.54) is 0 Å². The standard InChI is InChI=1S/C14H19N3O3S.ClH/c1-16-9-10-17(11-16)8-7-14(18)12-5-3-4-6-13(12)15-21(2,19)20;/h3-6,9-10,15H,7-8,11H2,1-2H3;1H. The third kappa shape index (κ3) is 5.23. The summed E-state index contributed by atoms with van der Waals surface area (Å²) in [6.07, 6.45) is 5.29. The van der Waals surface area contributed by atoms with Crippen LogP contribution in [0.3, 0.4) is 0 Å². The quantitative estimate of drug-likeness (QED) is 0.795. The Kier molecular flexibility index (Phi) is 6.25. The van der Waals surface area contributed by atoms with E-state index in [2.05, 4.69) is 4.72 Å². The van der Waals surface area contributed by atoms with Crippen LogP contribution in [0.4, 0.5) is 5.69 Å². The second-order valence-corrected chi connectivity index (χ2v) is 6.85. The molecule has 1 aromatic carbocycles. The van der Waals surface area contributed by atoms with Crippen molar-refractivity contribution >= 4 is 33.9 Å². The van der Waals surface area contributed by atoms with Crippen molar-refractivity contribution in [1.82, 2.24) is 9.80 Å². The zero-order valence-corrected chi connectivity index (χ0v) is 14.2. The summed E-state index contributed by atoms with van der Waals surface area (Å²) >= 11 is 0. The second kappa shape index (κ2) is 7.51. The van der Waals surface area contributed by atoms with Gasteiger partial charge in [-0.25, -0.2) is 8.42 Å². The number of para-hydroxylation sites is 1. The third-order valence-corrected chi connectivity index (χ3v) is 3.68. The summed E-state index contributed by atoms with van der Waals surface area (Å²) in [7, 11) is -1.44. The van der Waals surface area contributed by atoms with Gasteiger partial charge in [0.25, 0.3) is 0 Å². The molecule has 0 atom stereocenters. The molecule has 8 heteroatoms. The lowest BCUT2D eigenvalue weighted by Crippen LogP contribution is -2.25. The molecule has 22 heavy (non-hydrogen) atoms. The topological polar surface area (TPSA) is 69.7 Å². The molecule has 0 aromatic heterocycles. The Morgan fingerprint density at radius 1 is 1.27 bits per heavy atom. The van der Waals surface area contributed by atoms with Crippen molar-refractivity contribution in [3.05, 3.63) is 42.2 Å².